The molecular weight excluding hydrogens is 266 g/mol. The Morgan fingerprint density at radius 1 is 1.29 bits per heavy atom. The summed E-state index contributed by atoms with van der Waals surface area (Å²) in [5.74, 6) is 1.59. The molecule has 3 rings (SSSR count). The number of anilines is 1. The summed E-state index contributed by atoms with van der Waals surface area (Å²) in [7, 11) is 0. The molecule has 0 amide bonds. The monoisotopic (exact) mass is 279 g/mol. The first-order chi connectivity index (χ1) is 10.1. The minimum absolute atomic E-state index is 0.178. The van der Waals surface area contributed by atoms with E-state index in [1.807, 2.05) is 26.0 Å². The molecule has 0 aliphatic rings. The third-order valence-electron chi connectivity index (χ3n) is 3.32. The standard InChI is InChI=1S/C15H13N5O/c1-8-3-4-12(21-8)14-9(2)13(11-5-6-18-20-11)10(7-16)15(17)19-14/h3-6H,1-2H3,(H2,17,19)(H,18,20). The average molecular weight is 279 g/mol. The molecule has 3 heterocycles. The van der Waals surface area contributed by atoms with Crippen molar-refractivity contribution in [2.45, 2.75) is 13.8 Å². The number of furan rings is 1. The summed E-state index contributed by atoms with van der Waals surface area (Å²) < 4.78 is 5.62. The van der Waals surface area contributed by atoms with Crippen LogP contribution in [0.25, 0.3) is 22.7 Å². The van der Waals surface area contributed by atoms with Crippen molar-refractivity contribution in [3.63, 3.8) is 0 Å². The Morgan fingerprint density at radius 2 is 2.10 bits per heavy atom. The number of aryl methyl sites for hydroxylation is 1. The lowest BCUT2D eigenvalue weighted by Crippen LogP contribution is -2.03. The minimum Gasteiger partial charge on any atom is -0.460 e. The van der Waals surface area contributed by atoms with Gasteiger partial charge in [0.1, 0.15) is 28.9 Å². The van der Waals surface area contributed by atoms with Crippen LogP contribution in [0, 0.1) is 25.2 Å². The number of H-pyrrole nitrogens is 1. The highest BCUT2D eigenvalue weighted by Gasteiger charge is 2.20. The van der Waals surface area contributed by atoms with Crippen molar-refractivity contribution in [3.05, 3.63) is 41.3 Å². The zero-order valence-corrected chi connectivity index (χ0v) is 11.6. The van der Waals surface area contributed by atoms with Gasteiger partial charge in [0.2, 0.25) is 0 Å². The first-order valence-corrected chi connectivity index (χ1v) is 6.38. The number of nitrogens with one attached hydrogen (secondary N) is 1. The molecule has 0 atom stereocenters. The van der Waals surface area contributed by atoms with Gasteiger partial charge in [-0.25, -0.2) is 4.98 Å². The molecule has 0 saturated heterocycles. The second-order valence-corrected chi connectivity index (χ2v) is 4.71. The van der Waals surface area contributed by atoms with Gasteiger partial charge in [0, 0.05) is 11.8 Å². The lowest BCUT2D eigenvalue weighted by Gasteiger charge is -2.12. The van der Waals surface area contributed by atoms with Gasteiger partial charge in [-0.3, -0.25) is 5.10 Å². The molecule has 21 heavy (non-hydrogen) atoms. The second-order valence-electron chi connectivity index (χ2n) is 4.71. The maximum atomic E-state index is 9.36. The zero-order valence-electron chi connectivity index (χ0n) is 11.6. The van der Waals surface area contributed by atoms with Crippen LogP contribution in [0.1, 0.15) is 16.9 Å². The predicted molar refractivity (Wildman–Crippen MR) is 78.1 cm³/mol. The number of aromatic nitrogens is 3. The van der Waals surface area contributed by atoms with E-state index in [0.717, 1.165) is 17.0 Å². The van der Waals surface area contributed by atoms with E-state index in [-0.39, 0.29) is 5.82 Å². The maximum Gasteiger partial charge on any atom is 0.153 e. The number of aromatic amines is 1. The number of nitrogens with two attached hydrogens (primary N) is 1. The van der Waals surface area contributed by atoms with Gasteiger partial charge >= 0.3 is 0 Å². The van der Waals surface area contributed by atoms with E-state index >= 15 is 0 Å². The number of rotatable bonds is 2. The summed E-state index contributed by atoms with van der Waals surface area (Å²) in [6.45, 7) is 3.75. The van der Waals surface area contributed by atoms with Crippen molar-refractivity contribution in [3.8, 4) is 28.8 Å². The smallest absolute Gasteiger partial charge is 0.153 e. The molecule has 0 aliphatic carbocycles. The summed E-state index contributed by atoms with van der Waals surface area (Å²) in [5, 5.41) is 16.2. The fourth-order valence-corrected chi connectivity index (χ4v) is 2.34. The first-order valence-electron chi connectivity index (χ1n) is 6.38. The molecule has 0 saturated carbocycles. The molecule has 0 fully saturated rings. The van der Waals surface area contributed by atoms with E-state index in [1.165, 1.54) is 0 Å². The number of nitriles is 1. The highest BCUT2D eigenvalue weighted by molar-refractivity contribution is 5.81. The minimum atomic E-state index is 0.178. The molecular formula is C15H13N5O. The van der Waals surface area contributed by atoms with Gasteiger partial charge in [0.25, 0.3) is 0 Å². The lowest BCUT2D eigenvalue weighted by atomic mass is 9.98. The molecule has 6 heteroatoms. The van der Waals surface area contributed by atoms with Crippen molar-refractivity contribution >= 4 is 5.82 Å². The molecule has 0 aromatic carbocycles. The van der Waals surface area contributed by atoms with Gasteiger partial charge in [-0.05, 0) is 37.6 Å². The number of hydrogen-bond acceptors (Lipinski definition) is 5. The fraction of sp³-hybridized carbons (Fsp3) is 0.133. The van der Waals surface area contributed by atoms with Crippen LogP contribution >= 0.6 is 0 Å². The Kier molecular flexibility index (Phi) is 2.95. The Bertz CT molecular complexity index is 840. The van der Waals surface area contributed by atoms with Gasteiger partial charge in [0.15, 0.2) is 5.76 Å². The maximum absolute atomic E-state index is 9.36. The Labute approximate surface area is 121 Å². The van der Waals surface area contributed by atoms with Gasteiger partial charge in [-0.15, -0.1) is 0 Å². The van der Waals surface area contributed by atoms with Crippen molar-refractivity contribution in [2.24, 2.45) is 0 Å². The summed E-state index contributed by atoms with van der Waals surface area (Å²) in [6, 6.07) is 7.60. The van der Waals surface area contributed by atoms with Crippen molar-refractivity contribution in [1.29, 1.82) is 5.26 Å². The van der Waals surface area contributed by atoms with Crippen LogP contribution in [-0.4, -0.2) is 15.2 Å². The van der Waals surface area contributed by atoms with Crippen LogP contribution in [0.2, 0.25) is 0 Å². The molecule has 0 aliphatic heterocycles. The SMILES string of the molecule is Cc1ccc(-c2nc(N)c(C#N)c(-c3ccn[nH]3)c2C)o1. The average Bonchev–Trinajstić information content (AvgIpc) is 3.11. The van der Waals surface area contributed by atoms with Crippen molar-refractivity contribution in [1.82, 2.24) is 15.2 Å². The van der Waals surface area contributed by atoms with Crippen LogP contribution in [-0.2, 0) is 0 Å². The lowest BCUT2D eigenvalue weighted by molar-refractivity contribution is 0.546. The van der Waals surface area contributed by atoms with E-state index in [4.69, 9.17) is 10.2 Å². The third kappa shape index (κ3) is 2.05. The summed E-state index contributed by atoms with van der Waals surface area (Å²) >= 11 is 0. The van der Waals surface area contributed by atoms with Crippen LogP contribution in [0.5, 0.6) is 0 Å². The topological polar surface area (TPSA) is 105 Å². The Balaban J connectivity index is 2.33. The van der Waals surface area contributed by atoms with Crippen molar-refractivity contribution in [2.75, 3.05) is 5.73 Å². The van der Waals surface area contributed by atoms with Gasteiger partial charge in [-0.2, -0.15) is 10.4 Å². The van der Waals surface area contributed by atoms with Crippen molar-refractivity contribution < 1.29 is 4.42 Å². The second kappa shape index (κ2) is 4.80. The summed E-state index contributed by atoms with van der Waals surface area (Å²) in [4.78, 5) is 4.32. The normalized spacial score (nSPS) is 10.5. The van der Waals surface area contributed by atoms with Crippen LogP contribution in [0.4, 0.5) is 5.82 Å². The first kappa shape index (κ1) is 12.9. The molecule has 3 aromatic heterocycles. The van der Waals surface area contributed by atoms with E-state index in [2.05, 4.69) is 21.3 Å². The van der Waals surface area contributed by atoms with E-state index in [0.29, 0.717) is 22.6 Å². The highest BCUT2D eigenvalue weighted by atomic mass is 16.3. The summed E-state index contributed by atoms with van der Waals surface area (Å²) in [5.41, 5.74) is 9.15. The van der Waals surface area contributed by atoms with E-state index in [1.54, 1.807) is 12.3 Å². The number of pyridine rings is 1. The summed E-state index contributed by atoms with van der Waals surface area (Å²) in [6.07, 6.45) is 1.63. The largest absolute Gasteiger partial charge is 0.460 e. The predicted octanol–water partition coefficient (Wildman–Crippen LogP) is 2.80. The molecule has 0 spiro atoms. The molecule has 0 bridgehead atoms. The Hall–Kier alpha value is -3.07. The number of nitrogen functional groups attached to an aromatic ring is 1. The number of nitrogens with zero attached hydrogens (tertiary/aromatic N) is 3. The molecule has 0 unspecified atom stereocenters. The van der Waals surface area contributed by atoms with Crippen LogP contribution in [0.15, 0.2) is 28.8 Å². The third-order valence-corrected chi connectivity index (χ3v) is 3.32. The zero-order chi connectivity index (χ0) is 15.0. The number of hydrogen-bond donors (Lipinski definition) is 2. The van der Waals surface area contributed by atoms with Crippen LogP contribution < -0.4 is 5.73 Å². The van der Waals surface area contributed by atoms with Gasteiger partial charge in [-0.1, -0.05) is 0 Å². The molecule has 3 aromatic rings. The Morgan fingerprint density at radius 3 is 2.67 bits per heavy atom. The molecule has 104 valence electrons. The van der Waals surface area contributed by atoms with Gasteiger partial charge < -0.3 is 10.2 Å². The fourth-order valence-electron chi connectivity index (χ4n) is 2.34. The molecule has 6 nitrogen and oxygen atoms in total. The quantitative estimate of drug-likeness (QED) is 0.750. The van der Waals surface area contributed by atoms with Gasteiger partial charge in [0.05, 0.1) is 5.69 Å². The van der Waals surface area contributed by atoms with E-state index in [9.17, 15) is 5.26 Å². The molecule has 0 radical (unpaired) electrons. The van der Waals surface area contributed by atoms with E-state index < -0.39 is 0 Å². The van der Waals surface area contributed by atoms with Crippen LogP contribution in [0.3, 0.4) is 0 Å². The molecule has 3 N–H and O–H groups in total. The highest BCUT2D eigenvalue weighted by Crippen LogP contribution is 2.35.